The van der Waals surface area contributed by atoms with E-state index >= 15 is 0 Å². The predicted octanol–water partition coefficient (Wildman–Crippen LogP) is 2.56. The summed E-state index contributed by atoms with van der Waals surface area (Å²) in [7, 11) is 1.57. The second-order valence-electron chi connectivity index (χ2n) is 5.51. The fraction of sp³-hybridized carbons (Fsp3) is 0.235. The fourth-order valence-corrected chi connectivity index (χ4v) is 3.11. The van der Waals surface area contributed by atoms with Crippen molar-refractivity contribution in [3.8, 4) is 5.75 Å². The number of methoxy groups -OCH3 is 1. The number of H-pyrrole nitrogens is 1. The van der Waals surface area contributed by atoms with Gasteiger partial charge in [-0.2, -0.15) is 5.10 Å². The molecule has 6 heteroatoms. The van der Waals surface area contributed by atoms with Crippen molar-refractivity contribution in [3.05, 3.63) is 47.9 Å². The number of aromatic amines is 1. The Balaban J connectivity index is 1.88. The lowest BCUT2D eigenvalue weighted by atomic mass is 10.0. The number of aromatic nitrogens is 3. The normalized spacial score (nSPS) is 13.9. The second-order valence-corrected chi connectivity index (χ2v) is 5.51. The van der Waals surface area contributed by atoms with E-state index in [0.717, 1.165) is 29.6 Å². The molecule has 0 fully saturated rings. The summed E-state index contributed by atoms with van der Waals surface area (Å²) in [4.78, 5) is 19.4. The largest absolute Gasteiger partial charge is 0.496 e. The van der Waals surface area contributed by atoms with Gasteiger partial charge in [0.05, 0.1) is 30.2 Å². The van der Waals surface area contributed by atoms with E-state index < -0.39 is 0 Å². The summed E-state index contributed by atoms with van der Waals surface area (Å²) in [6.07, 6.45) is 5.21. The van der Waals surface area contributed by atoms with Gasteiger partial charge in [-0.15, -0.1) is 0 Å². The molecule has 4 rings (SSSR count). The SMILES string of the molecule is COc1ccc2cccnc2c1C(=O)N1CCCc2[nH]ncc21. The highest BCUT2D eigenvalue weighted by Crippen LogP contribution is 2.32. The number of nitrogens with one attached hydrogen (secondary N) is 1. The molecule has 1 N–H and O–H groups in total. The number of benzene rings is 1. The first-order valence-electron chi connectivity index (χ1n) is 7.55. The molecule has 0 unspecified atom stereocenters. The third-order valence-electron chi connectivity index (χ3n) is 4.21. The van der Waals surface area contributed by atoms with Crippen molar-refractivity contribution >= 4 is 22.5 Å². The molecule has 23 heavy (non-hydrogen) atoms. The molecule has 1 aliphatic rings. The van der Waals surface area contributed by atoms with E-state index in [9.17, 15) is 4.79 Å². The van der Waals surface area contributed by atoms with Crippen LogP contribution in [0.25, 0.3) is 10.9 Å². The zero-order valence-electron chi connectivity index (χ0n) is 12.7. The lowest BCUT2D eigenvalue weighted by Crippen LogP contribution is -2.35. The molecule has 1 amide bonds. The smallest absolute Gasteiger partial charge is 0.264 e. The van der Waals surface area contributed by atoms with E-state index in [0.29, 0.717) is 23.4 Å². The summed E-state index contributed by atoms with van der Waals surface area (Å²) in [5, 5.41) is 7.96. The number of rotatable bonds is 2. The van der Waals surface area contributed by atoms with Crippen molar-refractivity contribution in [2.24, 2.45) is 0 Å². The summed E-state index contributed by atoms with van der Waals surface area (Å²) in [6, 6.07) is 7.53. The maximum absolute atomic E-state index is 13.2. The number of fused-ring (bicyclic) bond motifs is 2. The van der Waals surface area contributed by atoms with Crippen LogP contribution in [0.2, 0.25) is 0 Å². The van der Waals surface area contributed by atoms with E-state index in [1.54, 1.807) is 24.4 Å². The predicted molar refractivity (Wildman–Crippen MR) is 86.9 cm³/mol. The van der Waals surface area contributed by atoms with E-state index in [2.05, 4.69) is 15.2 Å². The minimum atomic E-state index is -0.103. The molecule has 116 valence electrons. The molecule has 0 spiro atoms. The molecule has 3 aromatic rings. The number of hydrogen-bond donors (Lipinski definition) is 1. The van der Waals surface area contributed by atoms with Crippen LogP contribution in [0.1, 0.15) is 22.5 Å². The van der Waals surface area contributed by atoms with Crippen LogP contribution in [0.5, 0.6) is 5.75 Å². The summed E-state index contributed by atoms with van der Waals surface area (Å²) in [5.74, 6) is 0.435. The number of pyridine rings is 1. The third kappa shape index (κ3) is 2.14. The van der Waals surface area contributed by atoms with Crippen molar-refractivity contribution in [2.45, 2.75) is 12.8 Å². The summed E-state index contributed by atoms with van der Waals surface area (Å²) < 4.78 is 5.42. The van der Waals surface area contributed by atoms with Gasteiger partial charge in [0.15, 0.2) is 0 Å². The van der Waals surface area contributed by atoms with Crippen LogP contribution in [0, 0.1) is 0 Å². The molecule has 0 aliphatic carbocycles. The Morgan fingerprint density at radius 2 is 2.26 bits per heavy atom. The fourth-order valence-electron chi connectivity index (χ4n) is 3.11. The highest BCUT2D eigenvalue weighted by Gasteiger charge is 2.28. The number of ether oxygens (including phenoxy) is 1. The Labute approximate surface area is 133 Å². The molecule has 0 saturated carbocycles. The minimum absolute atomic E-state index is 0.103. The Hall–Kier alpha value is -2.89. The molecule has 6 nitrogen and oxygen atoms in total. The van der Waals surface area contributed by atoms with Gasteiger partial charge in [-0.3, -0.25) is 14.9 Å². The topological polar surface area (TPSA) is 71.1 Å². The van der Waals surface area contributed by atoms with E-state index in [1.807, 2.05) is 24.3 Å². The van der Waals surface area contributed by atoms with E-state index in [-0.39, 0.29) is 5.91 Å². The Bertz CT molecular complexity index is 887. The number of aryl methyl sites for hydroxylation is 1. The summed E-state index contributed by atoms with van der Waals surface area (Å²) in [5.41, 5.74) is 3.00. The Kier molecular flexibility index (Phi) is 3.22. The average Bonchev–Trinajstić information content (AvgIpc) is 3.08. The minimum Gasteiger partial charge on any atom is -0.496 e. The number of hydrogen-bond acceptors (Lipinski definition) is 4. The van der Waals surface area contributed by atoms with Crippen molar-refractivity contribution in [1.29, 1.82) is 0 Å². The molecule has 2 aromatic heterocycles. The Morgan fingerprint density at radius 1 is 1.35 bits per heavy atom. The van der Waals surface area contributed by atoms with E-state index in [4.69, 9.17) is 4.74 Å². The quantitative estimate of drug-likeness (QED) is 0.790. The van der Waals surface area contributed by atoms with Crippen LogP contribution >= 0.6 is 0 Å². The highest BCUT2D eigenvalue weighted by atomic mass is 16.5. The van der Waals surface area contributed by atoms with Crippen molar-refractivity contribution in [3.63, 3.8) is 0 Å². The molecule has 0 bridgehead atoms. The van der Waals surface area contributed by atoms with Crippen LogP contribution < -0.4 is 9.64 Å². The van der Waals surface area contributed by atoms with Gasteiger partial charge in [-0.25, -0.2) is 0 Å². The molecule has 1 aromatic carbocycles. The van der Waals surface area contributed by atoms with Gasteiger partial charge in [0.25, 0.3) is 5.91 Å². The number of carbonyl (C=O) groups excluding carboxylic acids is 1. The van der Waals surface area contributed by atoms with Crippen molar-refractivity contribution in [2.75, 3.05) is 18.6 Å². The Morgan fingerprint density at radius 3 is 3.13 bits per heavy atom. The van der Waals surface area contributed by atoms with Crippen LogP contribution in [0.3, 0.4) is 0 Å². The lowest BCUT2D eigenvalue weighted by molar-refractivity contribution is 0.0983. The molecule has 3 heterocycles. The molecule has 0 radical (unpaired) electrons. The first kappa shape index (κ1) is 13.8. The van der Waals surface area contributed by atoms with Crippen LogP contribution in [-0.4, -0.2) is 34.7 Å². The monoisotopic (exact) mass is 308 g/mol. The summed E-state index contributed by atoms with van der Waals surface area (Å²) >= 11 is 0. The van der Waals surface area contributed by atoms with Gasteiger partial charge in [0, 0.05) is 18.1 Å². The van der Waals surface area contributed by atoms with Gasteiger partial charge < -0.3 is 9.64 Å². The zero-order valence-corrected chi connectivity index (χ0v) is 12.7. The van der Waals surface area contributed by atoms with Gasteiger partial charge in [-0.1, -0.05) is 6.07 Å². The van der Waals surface area contributed by atoms with Crippen LogP contribution in [-0.2, 0) is 6.42 Å². The maximum atomic E-state index is 13.2. The zero-order chi connectivity index (χ0) is 15.8. The molecule has 1 aliphatic heterocycles. The number of carbonyl (C=O) groups is 1. The van der Waals surface area contributed by atoms with E-state index in [1.165, 1.54) is 0 Å². The average molecular weight is 308 g/mol. The third-order valence-corrected chi connectivity index (χ3v) is 4.21. The van der Waals surface area contributed by atoms with Crippen molar-refractivity contribution < 1.29 is 9.53 Å². The molecular formula is C17H16N4O2. The van der Waals surface area contributed by atoms with Crippen molar-refractivity contribution in [1.82, 2.24) is 15.2 Å². The van der Waals surface area contributed by atoms with Gasteiger partial charge >= 0.3 is 0 Å². The van der Waals surface area contributed by atoms with Gasteiger partial charge in [-0.05, 0) is 31.0 Å². The number of nitrogens with zero attached hydrogens (tertiary/aromatic N) is 3. The standard InChI is InChI=1S/C17H16N4O2/c1-23-14-7-6-11-4-2-8-18-16(11)15(14)17(22)21-9-3-5-12-13(21)10-19-20-12/h2,4,6-8,10H,3,5,9H2,1H3,(H,19,20). The molecule has 0 atom stereocenters. The van der Waals surface area contributed by atoms with Crippen LogP contribution in [0.4, 0.5) is 5.69 Å². The second kappa shape index (κ2) is 5.39. The van der Waals surface area contributed by atoms with Gasteiger partial charge in [0.2, 0.25) is 0 Å². The first-order valence-corrected chi connectivity index (χ1v) is 7.55. The number of anilines is 1. The van der Waals surface area contributed by atoms with Crippen LogP contribution in [0.15, 0.2) is 36.7 Å². The first-order chi connectivity index (χ1) is 11.3. The molecular weight excluding hydrogens is 292 g/mol. The number of amides is 1. The van der Waals surface area contributed by atoms with Gasteiger partial charge in [0.1, 0.15) is 11.3 Å². The molecule has 0 saturated heterocycles. The lowest BCUT2D eigenvalue weighted by Gasteiger charge is -2.27. The highest BCUT2D eigenvalue weighted by molar-refractivity contribution is 6.15. The maximum Gasteiger partial charge on any atom is 0.264 e. The summed E-state index contributed by atoms with van der Waals surface area (Å²) in [6.45, 7) is 0.664.